The molecule has 162 valence electrons. The minimum atomic E-state index is -3.62. The molecule has 0 spiro atoms. The third-order valence-electron chi connectivity index (χ3n) is 5.05. The van der Waals surface area contributed by atoms with E-state index in [4.69, 9.17) is 27.9 Å². The number of amides is 1. The van der Waals surface area contributed by atoms with Gasteiger partial charge in [-0.1, -0.05) is 41.8 Å². The first-order chi connectivity index (χ1) is 14.3. The van der Waals surface area contributed by atoms with Crippen LogP contribution in [0.5, 0.6) is 5.75 Å². The van der Waals surface area contributed by atoms with Gasteiger partial charge in [-0.05, 0) is 49.1 Å². The molecular weight excluding hydrogens is 447 g/mol. The molecule has 30 heavy (non-hydrogen) atoms. The Hall–Kier alpha value is -1.80. The number of hydrogen-bond donors (Lipinski definition) is 1. The maximum absolute atomic E-state index is 13.0. The minimum absolute atomic E-state index is 0.137. The number of carbonyl (C=O) groups is 1. The molecule has 0 saturated carbocycles. The number of ether oxygens (including phenoxy) is 1. The predicted molar refractivity (Wildman–Crippen MR) is 119 cm³/mol. The Morgan fingerprint density at radius 2 is 1.87 bits per heavy atom. The number of carbonyl (C=O) groups excluding carboxylic acids is 1. The van der Waals surface area contributed by atoms with Crippen LogP contribution in [0.15, 0.2) is 41.3 Å². The number of anilines is 1. The van der Waals surface area contributed by atoms with E-state index in [2.05, 4.69) is 5.32 Å². The first kappa shape index (κ1) is 22.9. The van der Waals surface area contributed by atoms with E-state index >= 15 is 0 Å². The molecule has 0 bridgehead atoms. The maximum atomic E-state index is 13.0. The van der Waals surface area contributed by atoms with Gasteiger partial charge in [0.15, 0.2) is 0 Å². The summed E-state index contributed by atoms with van der Waals surface area (Å²) < 4.78 is 32.7. The van der Waals surface area contributed by atoms with Crippen molar-refractivity contribution in [3.05, 3.63) is 52.0 Å². The van der Waals surface area contributed by atoms with Gasteiger partial charge in [-0.15, -0.1) is 0 Å². The standard InChI is InChI=1S/C21H24Cl2N2O4S/c1-29-19-10-9-16(30(27,28)25-12-3-2-4-13-25)14-18(19)24-20(26)11-8-15-6-5-7-17(22)21(15)23/h5-7,9-10,14H,2-4,8,11-13H2,1H3,(H,24,26). The van der Waals surface area contributed by atoms with Crippen LogP contribution in [0.2, 0.25) is 10.0 Å². The molecule has 1 heterocycles. The molecule has 0 aromatic heterocycles. The second kappa shape index (κ2) is 10.0. The van der Waals surface area contributed by atoms with Crippen molar-refractivity contribution >= 4 is 44.8 Å². The van der Waals surface area contributed by atoms with E-state index in [-0.39, 0.29) is 17.2 Å². The number of methoxy groups -OCH3 is 1. The van der Waals surface area contributed by atoms with Gasteiger partial charge in [0.05, 0.1) is 27.7 Å². The van der Waals surface area contributed by atoms with Gasteiger partial charge in [0.2, 0.25) is 15.9 Å². The number of hydrogen-bond acceptors (Lipinski definition) is 4. The van der Waals surface area contributed by atoms with Crippen molar-refractivity contribution in [2.24, 2.45) is 0 Å². The van der Waals surface area contributed by atoms with Crippen LogP contribution in [0.3, 0.4) is 0 Å². The highest BCUT2D eigenvalue weighted by Gasteiger charge is 2.27. The van der Waals surface area contributed by atoms with Crippen LogP contribution in [0.1, 0.15) is 31.2 Å². The van der Waals surface area contributed by atoms with E-state index in [0.29, 0.717) is 41.0 Å². The van der Waals surface area contributed by atoms with Gasteiger partial charge in [-0.2, -0.15) is 4.31 Å². The summed E-state index contributed by atoms with van der Waals surface area (Å²) in [5.41, 5.74) is 1.09. The highest BCUT2D eigenvalue weighted by atomic mass is 35.5. The molecule has 2 aromatic carbocycles. The zero-order valence-corrected chi connectivity index (χ0v) is 19.0. The molecule has 0 unspecified atom stereocenters. The topological polar surface area (TPSA) is 75.7 Å². The molecule has 0 radical (unpaired) electrons. The van der Waals surface area contributed by atoms with Crippen LogP contribution in [-0.2, 0) is 21.2 Å². The zero-order chi connectivity index (χ0) is 21.7. The van der Waals surface area contributed by atoms with E-state index in [1.54, 1.807) is 18.2 Å². The molecule has 0 atom stereocenters. The van der Waals surface area contributed by atoms with Gasteiger partial charge >= 0.3 is 0 Å². The number of sulfonamides is 1. The van der Waals surface area contributed by atoms with Crippen LogP contribution < -0.4 is 10.1 Å². The summed E-state index contributed by atoms with van der Waals surface area (Å²) in [4.78, 5) is 12.6. The molecule has 3 rings (SSSR count). The lowest BCUT2D eigenvalue weighted by Gasteiger charge is -2.26. The number of nitrogens with zero attached hydrogens (tertiary/aromatic N) is 1. The number of halogens is 2. The zero-order valence-electron chi connectivity index (χ0n) is 16.7. The fourth-order valence-electron chi connectivity index (χ4n) is 3.40. The van der Waals surface area contributed by atoms with Crippen LogP contribution in [-0.4, -0.2) is 38.8 Å². The summed E-state index contributed by atoms with van der Waals surface area (Å²) in [6.07, 6.45) is 3.30. The second-order valence-corrected chi connectivity index (χ2v) is 9.81. The largest absolute Gasteiger partial charge is 0.495 e. The molecule has 1 N–H and O–H groups in total. The average Bonchev–Trinajstić information content (AvgIpc) is 2.75. The number of piperidine rings is 1. The summed E-state index contributed by atoms with van der Waals surface area (Å²) in [6.45, 7) is 1.02. The molecule has 9 heteroatoms. The van der Waals surface area contributed by atoms with E-state index in [1.807, 2.05) is 6.07 Å². The smallest absolute Gasteiger partial charge is 0.243 e. The molecular formula is C21H24Cl2N2O4S. The van der Waals surface area contributed by atoms with Gasteiger partial charge < -0.3 is 10.1 Å². The van der Waals surface area contributed by atoms with Crippen molar-refractivity contribution in [1.29, 1.82) is 0 Å². The van der Waals surface area contributed by atoms with Crippen LogP contribution in [0.4, 0.5) is 5.69 Å². The van der Waals surface area contributed by atoms with Gasteiger partial charge in [0.25, 0.3) is 0 Å². The van der Waals surface area contributed by atoms with Crippen molar-refractivity contribution in [3.63, 3.8) is 0 Å². The van der Waals surface area contributed by atoms with E-state index in [0.717, 1.165) is 24.8 Å². The van der Waals surface area contributed by atoms with E-state index in [9.17, 15) is 13.2 Å². The summed E-state index contributed by atoms with van der Waals surface area (Å²) in [6, 6.07) is 9.79. The molecule has 0 aliphatic carbocycles. The number of benzene rings is 2. The van der Waals surface area contributed by atoms with Crippen LogP contribution in [0.25, 0.3) is 0 Å². The SMILES string of the molecule is COc1ccc(S(=O)(=O)N2CCCCC2)cc1NC(=O)CCc1cccc(Cl)c1Cl. The van der Waals surface area contributed by atoms with Crippen molar-refractivity contribution < 1.29 is 17.9 Å². The van der Waals surface area contributed by atoms with Gasteiger partial charge in [-0.3, -0.25) is 4.79 Å². The Morgan fingerprint density at radius 1 is 1.13 bits per heavy atom. The quantitative estimate of drug-likeness (QED) is 0.633. The fourth-order valence-corrected chi connectivity index (χ4v) is 5.36. The molecule has 6 nitrogen and oxygen atoms in total. The second-order valence-electron chi connectivity index (χ2n) is 7.09. The van der Waals surface area contributed by atoms with Crippen LogP contribution >= 0.6 is 23.2 Å². The number of aryl methyl sites for hydroxylation is 1. The summed E-state index contributed by atoms with van der Waals surface area (Å²) in [5, 5.41) is 3.62. The third kappa shape index (κ3) is 5.27. The first-order valence-corrected chi connectivity index (χ1v) is 11.9. The molecule has 1 amide bonds. The number of rotatable bonds is 7. The highest BCUT2D eigenvalue weighted by molar-refractivity contribution is 7.89. The molecule has 1 aliphatic rings. The van der Waals surface area contributed by atoms with Crippen molar-refractivity contribution in [3.8, 4) is 5.75 Å². The fraction of sp³-hybridized carbons (Fsp3) is 0.381. The monoisotopic (exact) mass is 470 g/mol. The lowest BCUT2D eigenvalue weighted by Crippen LogP contribution is -2.35. The normalized spacial score (nSPS) is 15.0. The number of nitrogens with one attached hydrogen (secondary N) is 1. The lowest BCUT2D eigenvalue weighted by molar-refractivity contribution is -0.116. The lowest BCUT2D eigenvalue weighted by atomic mass is 10.1. The van der Waals surface area contributed by atoms with Gasteiger partial charge in [0, 0.05) is 19.5 Å². The summed E-state index contributed by atoms with van der Waals surface area (Å²) in [7, 11) is -2.15. The molecule has 2 aromatic rings. The first-order valence-electron chi connectivity index (χ1n) is 9.74. The highest BCUT2D eigenvalue weighted by Crippen LogP contribution is 2.31. The average molecular weight is 471 g/mol. The van der Waals surface area contributed by atoms with Gasteiger partial charge in [0.1, 0.15) is 5.75 Å². The Balaban J connectivity index is 1.75. The minimum Gasteiger partial charge on any atom is -0.495 e. The molecule has 1 fully saturated rings. The molecule has 1 aliphatic heterocycles. The Morgan fingerprint density at radius 3 is 2.57 bits per heavy atom. The maximum Gasteiger partial charge on any atom is 0.243 e. The summed E-state index contributed by atoms with van der Waals surface area (Å²) >= 11 is 12.2. The predicted octanol–water partition coefficient (Wildman–Crippen LogP) is 4.75. The van der Waals surface area contributed by atoms with E-state index in [1.165, 1.54) is 23.5 Å². The Bertz CT molecular complexity index is 1020. The van der Waals surface area contributed by atoms with Crippen molar-refractivity contribution in [2.45, 2.75) is 37.0 Å². The van der Waals surface area contributed by atoms with Crippen molar-refractivity contribution in [2.75, 3.05) is 25.5 Å². The van der Waals surface area contributed by atoms with Gasteiger partial charge in [-0.25, -0.2) is 8.42 Å². The Labute approximate surface area is 187 Å². The van der Waals surface area contributed by atoms with E-state index < -0.39 is 10.0 Å². The molecule has 1 saturated heterocycles. The van der Waals surface area contributed by atoms with Crippen molar-refractivity contribution in [1.82, 2.24) is 4.31 Å². The Kier molecular flexibility index (Phi) is 7.63. The van der Waals surface area contributed by atoms with Crippen LogP contribution in [0, 0.1) is 0 Å². The summed E-state index contributed by atoms with van der Waals surface area (Å²) in [5.74, 6) is 0.110. The third-order valence-corrected chi connectivity index (χ3v) is 7.80.